The molecule has 0 spiro atoms. The van der Waals surface area contributed by atoms with Crippen molar-refractivity contribution in [1.82, 2.24) is 15.0 Å². The van der Waals surface area contributed by atoms with Gasteiger partial charge < -0.3 is 0 Å². The van der Waals surface area contributed by atoms with Gasteiger partial charge in [0.1, 0.15) is 0 Å². The van der Waals surface area contributed by atoms with Gasteiger partial charge in [-0.25, -0.2) is 18.9 Å². The fraction of sp³-hybridized carbons (Fsp3) is 0.346. The molecule has 9 heteroatoms. The average molecular weight is 494 g/mol. The second kappa shape index (κ2) is 8.95. The molecule has 1 amide bonds. The topological polar surface area (TPSA) is 118 Å². The van der Waals surface area contributed by atoms with Crippen LogP contribution in [-0.2, 0) is 26.6 Å². The van der Waals surface area contributed by atoms with E-state index in [1.807, 2.05) is 12.1 Å². The summed E-state index contributed by atoms with van der Waals surface area (Å²) in [7, 11) is -3.87. The van der Waals surface area contributed by atoms with Crippen LogP contribution in [0.5, 0.6) is 0 Å². The first-order valence-corrected chi connectivity index (χ1v) is 13.1. The standard InChI is InChI=1S/C26H27N3O5S/c1-25(12-13-25)20-9-6-18(7-10-20)4-5-19-8-11-21-22(16-19)27-17-29(23(21)30)15-14-26(2,24(31)28-32)35(3,33)34/h6-11,16-17,32H,12-15H2,1-3H3,(H,28,31)/t26-/m1/s1. The summed E-state index contributed by atoms with van der Waals surface area (Å²) in [6.07, 6.45) is 4.46. The summed E-state index contributed by atoms with van der Waals surface area (Å²) in [6.45, 7) is 3.40. The zero-order valence-corrected chi connectivity index (χ0v) is 20.6. The lowest BCUT2D eigenvalue weighted by Gasteiger charge is -2.25. The number of hydrogen-bond donors (Lipinski definition) is 2. The molecule has 3 aromatic rings. The molecule has 35 heavy (non-hydrogen) atoms. The van der Waals surface area contributed by atoms with Crippen molar-refractivity contribution in [3.05, 3.63) is 75.8 Å². The van der Waals surface area contributed by atoms with Gasteiger partial charge in [-0.3, -0.25) is 19.4 Å². The van der Waals surface area contributed by atoms with Gasteiger partial charge in [-0.1, -0.05) is 30.9 Å². The van der Waals surface area contributed by atoms with Gasteiger partial charge in [0.2, 0.25) is 0 Å². The van der Waals surface area contributed by atoms with E-state index in [0.717, 1.165) is 11.8 Å². The minimum atomic E-state index is -3.87. The SMILES string of the molecule is CC1(c2ccc(C#Cc3ccc4c(=O)n(CC[C@](C)(C(=O)NO)S(C)(=O)=O)cnc4c3)cc2)CC1. The van der Waals surface area contributed by atoms with Gasteiger partial charge in [0, 0.05) is 23.9 Å². The number of hydrogen-bond acceptors (Lipinski definition) is 6. The Labute approximate surface area is 203 Å². The predicted molar refractivity (Wildman–Crippen MR) is 133 cm³/mol. The number of nitrogens with one attached hydrogen (secondary N) is 1. The third-order valence-corrected chi connectivity index (χ3v) is 9.01. The van der Waals surface area contributed by atoms with Gasteiger partial charge in [0.05, 0.1) is 17.2 Å². The van der Waals surface area contributed by atoms with E-state index in [2.05, 4.69) is 35.9 Å². The molecule has 2 N–H and O–H groups in total. The third kappa shape index (κ3) is 4.85. The summed E-state index contributed by atoms with van der Waals surface area (Å²) in [4.78, 5) is 29.3. The number of carbonyl (C=O) groups excluding carboxylic acids is 1. The van der Waals surface area contributed by atoms with Crippen LogP contribution in [0.2, 0.25) is 0 Å². The van der Waals surface area contributed by atoms with E-state index in [1.54, 1.807) is 18.2 Å². The van der Waals surface area contributed by atoms with Crippen LogP contribution in [0.4, 0.5) is 0 Å². The van der Waals surface area contributed by atoms with Crippen LogP contribution in [0.3, 0.4) is 0 Å². The zero-order valence-electron chi connectivity index (χ0n) is 19.8. The van der Waals surface area contributed by atoms with Crippen LogP contribution in [0.25, 0.3) is 10.9 Å². The van der Waals surface area contributed by atoms with E-state index < -0.39 is 20.5 Å². The summed E-state index contributed by atoms with van der Waals surface area (Å²) in [5.74, 6) is 5.20. The first kappa shape index (κ1) is 24.6. The Kier molecular flexibility index (Phi) is 6.30. The fourth-order valence-electron chi connectivity index (χ4n) is 3.89. The van der Waals surface area contributed by atoms with Crippen molar-refractivity contribution in [1.29, 1.82) is 0 Å². The van der Waals surface area contributed by atoms with E-state index >= 15 is 0 Å². The summed E-state index contributed by atoms with van der Waals surface area (Å²) in [5.41, 5.74) is 4.78. The Morgan fingerprint density at radius 2 is 1.80 bits per heavy atom. The van der Waals surface area contributed by atoms with Crippen LogP contribution >= 0.6 is 0 Å². The van der Waals surface area contributed by atoms with E-state index in [9.17, 15) is 18.0 Å². The number of nitrogens with zero attached hydrogens (tertiary/aromatic N) is 2. The van der Waals surface area contributed by atoms with Crippen molar-refractivity contribution in [2.45, 2.75) is 49.8 Å². The smallest absolute Gasteiger partial charge is 0.264 e. The van der Waals surface area contributed by atoms with Crippen molar-refractivity contribution in [2.75, 3.05) is 6.26 Å². The molecule has 0 radical (unpaired) electrons. The Morgan fingerprint density at radius 3 is 2.40 bits per heavy atom. The van der Waals surface area contributed by atoms with Crippen LogP contribution in [0, 0.1) is 11.8 Å². The predicted octanol–water partition coefficient (Wildman–Crippen LogP) is 2.55. The van der Waals surface area contributed by atoms with Crippen LogP contribution in [0.15, 0.2) is 53.6 Å². The molecule has 0 bridgehead atoms. The van der Waals surface area contributed by atoms with E-state index in [4.69, 9.17) is 5.21 Å². The van der Waals surface area contributed by atoms with Crippen molar-refractivity contribution in [3.8, 4) is 11.8 Å². The van der Waals surface area contributed by atoms with Crippen molar-refractivity contribution < 1.29 is 18.4 Å². The molecule has 1 aromatic heterocycles. The second-order valence-corrected chi connectivity index (χ2v) is 12.0. The Bertz CT molecular complexity index is 1530. The van der Waals surface area contributed by atoms with Gasteiger partial charge in [-0.15, -0.1) is 0 Å². The quantitative estimate of drug-likeness (QED) is 0.310. The highest BCUT2D eigenvalue weighted by molar-refractivity contribution is 7.92. The fourth-order valence-corrected chi connectivity index (χ4v) is 4.74. The van der Waals surface area contributed by atoms with Gasteiger partial charge in [0.15, 0.2) is 14.6 Å². The van der Waals surface area contributed by atoms with Crippen molar-refractivity contribution >= 4 is 26.6 Å². The molecular weight excluding hydrogens is 466 g/mol. The van der Waals surface area contributed by atoms with Gasteiger partial charge >= 0.3 is 0 Å². The number of carbonyl (C=O) groups is 1. The highest BCUT2D eigenvalue weighted by atomic mass is 32.2. The van der Waals surface area contributed by atoms with Crippen molar-refractivity contribution in [3.63, 3.8) is 0 Å². The molecule has 1 heterocycles. The minimum absolute atomic E-state index is 0.0740. The number of sulfone groups is 1. The Hall–Kier alpha value is -3.48. The molecule has 2 aromatic carbocycles. The molecule has 1 fully saturated rings. The van der Waals surface area contributed by atoms with Crippen molar-refractivity contribution in [2.24, 2.45) is 0 Å². The lowest BCUT2D eigenvalue weighted by Crippen LogP contribution is -2.50. The van der Waals surface area contributed by atoms with E-state index in [1.165, 1.54) is 41.7 Å². The number of hydroxylamine groups is 1. The minimum Gasteiger partial charge on any atom is -0.299 e. The normalized spacial score (nSPS) is 16.1. The second-order valence-electron chi connectivity index (χ2n) is 9.56. The maximum Gasteiger partial charge on any atom is 0.264 e. The highest BCUT2D eigenvalue weighted by Crippen LogP contribution is 2.47. The summed E-state index contributed by atoms with van der Waals surface area (Å²) in [6, 6.07) is 13.4. The van der Waals surface area contributed by atoms with Crippen LogP contribution < -0.4 is 11.0 Å². The summed E-state index contributed by atoms with van der Waals surface area (Å²) < 4.78 is 23.7. The monoisotopic (exact) mass is 493 g/mol. The molecule has 4 rings (SSSR count). The Morgan fingerprint density at radius 1 is 1.17 bits per heavy atom. The number of amides is 1. The highest BCUT2D eigenvalue weighted by Gasteiger charge is 2.43. The maximum atomic E-state index is 12.9. The summed E-state index contributed by atoms with van der Waals surface area (Å²) in [5, 5.41) is 9.31. The van der Waals surface area contributed by atoms with Gasteiger partial charge in [0.25, 0.3) is 11.5 Å². The maximum absolute atomic E-state index is 12.9. The lowest BCUT2D eigenvalue weighted by molar-refractivity contribution is -0.131. The number of benzene rings is 2. The van der Waals surface area contributed by atoms with Gasteiger partial charge in [-0.05, 0) is 67.5 Å². The first-order valence-electron chi connectivity index (χ1n) is 11.2. The Balaban J connectivity index is 1.55. The van der Waals surface area contributed by atoms with Crippen LogP contribution in [-0.4, -0.2) is 40.1 Å². The average Bonchev–Trinajstić information content (AvgIpc) is 3.59. The molecule has 0 unspecified atom stereocenters. The van der Waals surface area contributed by atoms with Gasteiger partial charge in [-0.2, -0.15) is 0 Å². The molecular formula is C26H27N3O5S. The summed E-state index contributed by atoms with van der Waals surface area (Å²) >= 11 is 0. The molecule has 8 nitrogen and oxygen atoms in total. The largest absolute Gasteiger partial charge is 0.299 e. The molecule has 1 atom stereocenters. The molecule has 0 saturated heterocycles. The number of fused-ring (bicyclic) bond motifs is 1. The number of aromatic nitrogens is 2. The van der Waals surface area contributed by atoms with E-state index in [-0.39, 0.29) is 18.5 Å². The number of aryl methyl sites for hydroxylation is 1. The number of rotatable bonds is 6. The van der Waals surface area contributed by atoms with Crippen LogP contribution in [0.1, 0.15) is 49.8 Å². The molecule has 0 aliphatic heterocycles. The molecule has 1 aliphatic rings. The first-order chi connectivity index (χ1) is 16.5. The third-order valence-electron chi connectivity index (χ3n) is 6.99. The molecule has 1 saturated carbocycles. The molecule has 182 valence electrons. The van der Waals surface area contributed by atoms with E-state index in [0.29, 0.717) is 21.9 Å². The zero-order chi connectivity index (χ0) is 25.4. The lowest BCUT2D eigenvalue weighted by atomic mass is 9.97. The molecule has 1 aliphatic carbocycles.